The Morgan fingerprint density at radius 1 is 0.923 bits per heavy atom. The molecular formula is C23H19NO2. The van der Waals surface area contributed by atoms with Gasteiger partial charge >= 0.3 is 0 Å². The van der Waals surface area contributed by atoms with E-state index in [1.54, 1.807) is 13.2 Å². The number of rotatable bonds is 4. The molecule has 4 rings (SSSR count). The number of nitrogens with one attached hydrogen (secondary N) is 1. The fourth-order valence-corrected chi connectivity index (χ4v) is 3.27. The zero-order valence-electron chi connectivity index (χ0n) is 14.7. The molecule has 3 aromatic carbocycles. The Morgan fingerprint density at radius 3 is 2.50 bits per heavy atom. The number of aryl methyl sites for hydroxylation is 1. The van der Waals surface area contributed by atoms with E-state index in [9.17, 15) is 4.79 Å². The van der Waals surface area contributed by atoms with Gasteiger partial charge in [-0.2, -0.15) is 0 Å². The Morgan fingerprint density at radius 2 is 1.73 bits per heavy atom. The molecule has 1 heterocycles. The number of benzene rings is 3. The maximum Gasteiger partial charge on any atom is 0.195 e. The number of aromatic amines is 1. The minimum absolute atomic E-state index is 0.0143. The van der Waals surface area contributed by atoms with E-state index in [0.717, 1.165) is 27.7 Å². The molecule has 0 radical (unpaired) electrons. The standard InChI is InChI=1S/C23H19NO2/c1-15-11-12-20-19(13-15)21(22(24-20)16-7-4-3-5-8-16)23(25)17-9-6-10-18(14-17)26-2/h3-14,24H,1-2H3. The van der Waals surface area contributed by atoms with Crippen LogP contribution in [0.5, 0.6) is 5.75 Å². The quantitative estimate of drug-likeness (QED) is 0.506. The monoisotopic (exact) mass is 341 g/mol. The maximum atomic E-state index is 13.4. The minimum Gasteiger partial charge on any atom is -0.497 e. The number of ketones is 1. The van der Waals surface area contributed by atoms with Gasteiger partial charge in [-0.1, -0.05) is 54.1 Å². The van der Waals surface area contributed by atoms with Crippen molar-refractivity contribution in [2.75, 3.05) is 7.11 Å². The molecule has 1 aromatic heterocycles. The smallest absolute Gasteiger partial charge is 0.195 e. The lowest BCUT2D eigenvalue weighted by atomic mass is 9.96. The average molecular weight is 341 g/mol. The van der Waals surface area contributed by atoms with Crippen LogP contribution in [0.25, 0.3) is 22.2 Å². The number of carbonyl (C=O) groups excluding carboxylic acids is 1. The van der Waals surface area contributed by atoms with Crippen LogP contribution in [0.1, 0.15) is 21.5 Å². The van der Waals surface area contributed by atoms with Crippen molar-refractivity contribution in [1.82, 2.24) is 4.98 Å². The summed E-state index contributed by atoms with van der Waals surface area (Å²) in [6, 6.07) is 23.4. The molecule has 3 heteroatoms. The molecule has 0 aliphatic heterocycles. The summed E-state index contributed by atoms with van der Waals surface area (Å²) in [7, 11) is 1.61. The minimum atomic E-state index is -0.0143. The molecule has 26 heavy (non-hydrogen) atoms. The van der Waals surface area contributed by atoms with Gasteiger partial charge in [0.1, 0.15) is 5.75 Å². The highest BCUT2D eigenvalue weighted by molar-refractivity contribution is 6.20. The van der Waals surface area contributed by atoms with Crippen LogP contribution in [0.2, 0.25) is 0 Å². The van der Waals surface area contributed by atoms with Gasteiger partial charge < -0.3 is 9.72 Å². The third kappa shape index (κ3) is 2.78. The number of fused-ring (bicyclic) bond motifs is 1. The van der Waals surface area contributed by atoms with E-state index in [4.69, 9.17) is 4.74 Å². The van der Waals surface area contributed by atoms with Crippen LogP contribution < -0.4 is 4.74 Å². The van der Waals surface area contributed by atoms with E-state index in [1.807, 2.05) is 67.6 Å². The molecule has 0 atom stereocenters. The van der Waals surface area contributed by atoms with Crippen LogP contribution >= 0.6 is 0 Å². The number of aromatic nitrogens is 1. The van der Waals surface area contributed by atoms with Gasteiger partial charge in [-0.3, -0.25) is 4.79 Å². The summed E-state index contributed by atoms with van der Waals surface area (Å²) in [5.41, 5.74) is 5.23. The predicted octanol–water partition coefficient (Wildman–Crippen LogP) is 5.38. The summed E-state index contributed by atoms with van der Waals surface area (Å²) >= 11 is 0. The van der Waals surface area contributed by atoms with Gasteiger partial charge in [-0.25, -0.2) is 0 Å². The Balaban J connectivity index is 1.97. The molecule has 0 unspecified atom stereocenters. The summed E-state index contributed by atoms with van der Waals surface area (Å²) in [6.07, 6.45) is 0. The molecule has 0 amide bonds. The Kier molecular flexibility index (Phi) is 4.05. The highest BCUT2D eigenvalue weighted by atomic mass is 16.5. The molecule has 0 spiro atoms. The van der Waals surface area contributed by atoms with Gasteiger partial charge in [0.15, 0.2) is 5.78 Å². The van der Waals surface area contributed by atoms with Crippen molar-refractivity contribution < 1.29 is 9.53 Å². The fourth-order valence-electron chi connectivity index (χ4n) is 3.27. The van der Waals surface area contributed by atoms with Gasteiger partial charge in [0.2, 0.25) is 0 Å². The summed E-state index contributed by atoms with van der Waals surface area (Å²) in [5.74, 6) is 0.660. The first-order valence-corrected chi connectivity index (χ1v) is 8.54. The first-order chi connectivity index (χ1) is 12.7. The molecule has 128 valence electrons. The summed E-state index contributed by atoms with van der Waals surface area (Å²) in [4.78, 5) is 16.9. The zero-order chi connectivity index (χ0) is 18.1. The second-order valence-electron chi connectivity index (χ2n) is 6.35. The number of carbonyl (C=O) groups is 1. The van der Waals surface area contributed by atoms with Crippen molar-refractivity contribution in [3.63, 3.8) is 0 Å². The van der Waals surface area contributed by atoms with Crippen molar-refractivity contribution >= 4 is 16.7 Å². The SMILES string of the molecule is COc1cccc(C(=O)c2c(-c3ccccc3)[nH]c3ccc(C)cc23)c1. The highest BCUT2D eigenvalue weighted by Crippen LogP contribution is 2.33. The highest BCUT2D eigenvalue weighted by Gasteiger charge is 2.21. The van der Waals surface area contributed by atoms with E-state index in [2.05, 4.69) is 11.1 Å². The number of methoxy groups -OCH3 is 1. The van der Waals surface area contributed by atoms with Crippen LogP contribution in [0.4, 0.5) is 0 Å². The van der Waals surface area contributed by atoms with E-state index in [1.165, 1.54) is 0 Å². The van der Waals surface area contributed by atoms with Gasteiger partial charge in [-0.05, 0) is 36.8 Å². The molecule has 0 aliphatic carbocycles. The van der Waals surface area contributed by atoms with Crippen molar-refractivity contribution in [3.8, 4) is 17.0 Å². The van der Waals surface area contributed by atoms with Gasteiger partial charge in [0, 0.05) is 16.5 Å². The topological polar surface area (TPSA) is 42.1 Å². The summed E-state index contributed by atoms with van der Waals surface area (Å²) < 4.78 is 5.28. The lowest BCUT2D eigenvalue weighted by Gasteiger charge is -2.07. The van der Waals surface area contributed by atoms with Crippen LogP contribution in [-0.2, 0) is 0 Å². The number of hydrogen-bond acceptors (Lipinski definition) is 2. The molecule has 0 aliphatic rings. The Labute approximate surface area is 152 Å². The molecule has 0 fully saturated rings. The van der Waals surface area contributed by atoms with Crippen molar-refractivity contribution in [1.29, 1.82) is 0 Å². The Bertz CT molecular complexity index is 1090. The second kappa shape index (κ2) is 6.52. The van der Waals surface area contributed by atoms with Crippen LogP contribution in [-0.4, -0.2) is 17.9 Å². The molecule has 0 saturated heterocycles. The second-order valence-corrected chi connectivity index (χ2v) is 6.35. The molecule has 4 aromatic rings. The third-order valence-electron chi connectivity index (χ3n) is 4.58. The van der Waals surface area contributed by atoms with Crippen molar-refractivity contribution in [2.45, 2.75) is 6.92 Å². The van der Waals surface area contributed by atoms with E-state index in [-0.39, 0.29) is 5.78 Å². The van der Waals surface area contributed by atoms with Gasteiger partial charge in [-0.15, -0.1) is 0 Å². The fraction of sp³-hybridized carbons (Fsp3) is 0.0870. The molecule has 0 saturated carbocycles. The van der Waals surface area contributed by atoms with Crippen LogP contribution in [0.15, 0.2) is 72.8 Å². The number of ether oxygens (including phenoxy) is 1. The molecule has 1 N–H and O–H groups in total. The lowest BCUT2D eigenvalue weighted by Crippen LogP contribution is -2.03. The van der Waals surface area contributed by atoms with Crippen molar-refractivity contribution in [3.05, 3.63) is 89.5 Å². The third-order valence-corrected chi connectivity index (χ3v) is 4.58. The van der Waals surface area contributed by atoms with Crippen LogP contribution in [0.3, 0.4) is 0 Å². The zero-order valence-corrected chi connectivity index (χ0v) is 14.7. The van der Waals surface area contributed by atoms with E-state index in [0.29, 0.717) is 16.9 Å². The number of hydrogen-bond donors (Lipinski definition) is 1. The largest absolute Gasteiger partial charge is 0.497 e. The predicted molar refractivity (Wildman–Crippen MR) is 105 cm³/mol. The van der Waals surface area contributed by atoms with Gasteiger partial charge in [0.05, 0.1) is 18.4 Å². The Hall–Kier alpha value is -3.33. The maximum absolute atomic E-state index is 13.4. The first-order valence-electron chi connectivity index (χ1n) is 8.54. The first kappa shape index (κ1) is 16.2. The van der Waals surface area contributed by atoms with Crippen molar-refractivity contribution in [2.24, 2.45) is 0 Å². The average Bonchev–Trinajstić information content (AvgIpc) is 3.06. The van der Waals surface area contributed by atoms with E-state index >= 15 is 0 Å². The normalized spacial score (nSPS) is 10.8. The van der Waals surface area contributed by atoms with E-state index < -0.39 is 0 Å². The van der Waals surface area contributed by atoms with Crippen LogP contribution in [0, 0.1) is 6.92 Å². The summed E-state index contributed by atoms with van der Waals surface area (Å²) in [6.45, 7) is 2.04. The molecule has 3 nitrogen and oxygen atoms in total. The summed E-state index contributed by atoms with van der Waals surface area (Å²) in [5, 5.41) is 0.941. The molecule has 0 bridgehead atoms. The lowest BCUT2D eigenvalue weighted by molar-refractivity contribution is 0.104. The van der Waals surface area contributed by atoms with Gasteiger partial charge in [0.25, 0.3) is 0 Å². The number of H-pyrrole nitrogens is 1. The molecular weight excluding hydrogens is 322 g/mol.